The normalized spacial score (nSPS) is 10.5. The molecule has 1 amide bonds. The van der Waals surface area contributed by atoms with Crippen LogP contribution in [0.2, 0.25) is 0 Å². The molecule has 3 N–H and O–H groups in total. The van der Waals surface area contributed by atoms with Crippen LogP contribution in [0.4, 0.5) is 5.69 Å². The van der Waals surface area contributed by atoms with Crippen LogP contribution in [-0.2, 0) is 6.42 Å². The highest BCUT2D eigenvalue weighted by atomic mass is 79.9. The molecule has 0 bridgehead atoms. The van der Waals surface area contributed by atoms with Crippen molar-refractivity contribution in [2.24, 2.45) is 0 Å². The molecular formula is C21H21BrN4O2S. The molecule has 0 aliphatic carbocycles. The van der Waals surface area contributed by atoms with Crippen LogP contribution in [0, 0.1) is 13.8 Å². The number of anilines is 1. The van der Waals surface area contributed by atoms with E-state index in [-0.39, 0.29) is 11.0 Å². The maximum Gasteiger partial charge on any atom is 0.261 e. The number of H-pyrrole nitrogens is 1. The molecule has 0 saturated heterocycles. The van der Waals surface area contributed by atoms with Gasteiger partial charge in [0.05, 0.1) is 18.4 Å². The van der Waals surface area contributed by atoms with Gasteiger partial charge in [-0.25, -0.2) is 0 Å². The molecule has 1 aromatic heterocycles. The van der Waals surface area contributed by atoms with E-state index in [9.17, 15) is 4.79 Å². The minimum Gasteiger partial charge on any atom is -0.496 e. The summed E-state index contributed by atoms with van der Waals surface area (Å²) < 4.78 is 6.02. The summed E-state index contributed by atoms with van der Waals surface area (Å²) in [7, 11) is 1.52. The summed E-state index contributed by atoms with van der Waals surface area (Å²) >= 11 is 8.64. The molecule has 0 unspecified atom stereocenters. The molecule has 150 valence electrons. The van der Waals surface area contributed by atoms with Crippen LogP contribution in [0.1, 0.15) is 32.9 Å². The zero-order valence-electron chi connectivity index (χ0n) is 16.3. The van der Waals surface area contributed by atoms with E-state index in [2.05, 4.69) is 36.8 Å². The van der Waals surface area contributed by atoms with Crippen LogP contribution >= 0.6 is 28.1 Å². The van der Waals surface area contributed by atoms with E-state index < -0.39 is 0 Å². The van der Waals surface area contributed by atoms with Crippen molar-refractivity contribution in [2.45, 2.75) is 20.3 Å². The highest BCUT2D eigenvalue weighted by molar-refractivity contribution is 9.10. The summed E-state index contributed by atoms with van der Waals surface area (Å²) in [6.45, 7) is 4.02. The predicted molar refractivity (Wildman–Crippen MR) is 122 cm³/mol. The lowest BCUT2D eigenvalue weighted by Crippen LogP contribution is -2.34. The summed E-state index contributed by atoms with van der Waals surface area (Å²) in [4.78, 5) is 12.5. The number of aromatic amines is 1. The van der Waals surface area contributed by atoms with E-state index >= 15 is 0 Å². The first-order valence-electron chi connectivity index (χ1n) is 8.92. The van der Waals surface area contributed by atoms with E-state index in [4.69, 9.17) is 17.0 Å². The Labute approximate surface area is 183 Å². The van der Waals surface area contributed by atoms with Gasteiger partial charge in [0.25, 0.3) is 5.91 Å². The Hall–Kier alpha value is -2.71. The van der Waals surface area contributed by atoms with Crippen molar-refractivity contribution in [1.29, 1.82) is 0 Å². The first-order chi connectivity index (χ1) is 13.9. The van der Waals surface area contributed by atoms with Gasteiger partial charge in [-0.1, -0.05) is 28.1 Å². The molecular weight excluding hydrogens is 452 g/mol. The largest absolute Gasteiger partial charge is 0.496 e. The molecule has 0 aliphatic heterocycles. The summed E-state index contributed by atoms with van der Waals surface area (Å²) in [5.74, 6) is 0.130. The fraction of sp³-hybridized carbons (Fsp3) is 0.190. The third-order valence-electron chi connectivity index (χ3n) is 4.51. The summed E-state index contributed by atoms with van der Waals surface area (Å²) in [6.07, 6.45) is 0.804. The number of thiocarbonyl (C=S) groups is 1. The van der Waals surface area contributed by atoms with Crippen molar-refractivity contribution in [3.8, 4) is 5.75 Å². The van der Waals surface area contributed by atoms with Crippen LogP contribution in [-0.4, -0.2) is 28.3 Å². The Balaban J connectivity index is 1.62. The molecule has 0 spiro atoms. The van der Waals surface area contributed by atoms with E-state index in [1.54, 1.807) is 18.2 Å². The number of nitrogens with zero attached hydrogens (tertiary/aromatic N) is 1. The maximum absolute atomic E-state index is 12.5. The Kier molecular flexibility index (Phi) is 6.66. The Bertz CT molecular complexity index is 1030. The topological polar surface area (TPSA) is 79.0 Å². The van der Waals surface area contributed by atoms with E-state index in [0.29, 0.717) is 11.3 Å². The minimum absolute atomic E-state index is 0.214. The molecule has 6 nitrogen and oxygen atoms in total. The quantitative estimate of drug-likeness (QED) is 0.475. The van der Waals surface area contributed by atoms with Gasteiger partial charge in [0.1, 0.15) is 5.75 Å². The minimum atomic E-state index is -0.344. The SMILES string of the molecule is COc1ccc(Br)cc1C(=O)NC(=S)Nc1ccc(Cc2c(C)n[nH]c2C)cc1. The molecule has 29 heavy (non-hydrogen) atoms. The van der Waals surface area contributed by atoms with Gasteiger partial charge in [-0.3, -0.25) is 15.2 Å². The van der Waals surface area contributed by atoms with Crippen molar-refractivity contribution in [3.05, 3.63) is 75.0 Å². The van der Waals surface area contributed by atoms with Gasteiger partial charge in [-0.05, 0) is 62.0 Å². The number of aryl methyl sites for hydroxylation is 2. The average molecular weight is 473 g/mol. The number of aromatic nitrogens is 2. The standard InChI is InChI=1S/C21H21BrN4O2S/c1-12-17(13(2)26-25-12)10-14-4-7-16(8-5-14)23-21(29)24-20(27)18-11-15(22)6-9-19(18)28-3/h4-9,11H,10H2,1-3H3,(H,25,26)(H2,23,24,27,29). The summed E-state index contributed by atoms with van der Waals surface area (Å²) in [5, 5.41) is 13.2. The molecule has 8 heteroatoms. The Morgan fingerprint density at radius 1 is 1.21 bits per heavy atom. The van der Waals surface area contributed by atoms with Crippen LogP contribution in [0.5, 0.6) is 5.75 Å². The number of ether oxygens (including phenoxy) is 1. The lowest BCUT2D eigenvalue weighted by atomic mass is 10.0. The third kappa shape index (κ3) is 5.21. The Morgan fingerprint density at radius 2 is 1.93 bits per heavy atom. The van der Waals surface area contributed by atoms with Gasteiger partial charge < -0.3 is 10.1 Å². The number of nitrogens with one attached hydrogen (secondary N) is 3. The van der Waals surface area contributed by atoms with Crippen molar-refractivity contribution >= 4 is 44.9 Å². The van der Waals surface area contributed by atoms with E-state index in [1.165, 1.54) is 12.7 Å². The second kappa shape index (κ2) is 9.19. The average Bonchev–Trinajstić information content (AvgIpc) is 3.01. The number of carbonyl (C=O) groups is 1. The maximum atomic E-state index is 12.5. The van der Waals surface area contributed by atoms with Crippen LogP contribution in [0.3, 0.4) is 0 Å². The first-order valence-corrected chi connectivity index (χ1v) is 10.1. The first kappa shape index (κ1) is 21.0. The van der Waals surface area contributed by atoms with Gasteiger partial charge in [-0.2, -0.15) is 5.10 Å². The molecule has 0 saturated carbocycles. The van der Waals surface area contributed by atoms with Gasteiger partial charge in [0, 0.05) is 27.8 Å². The van der Waals surface area contributed by atoms with Gasteiger partial charge in [0.15, 0.2) is 5.11 Å². The number of hydrogen-bond acceptors (Lipinski definition) is 4. The Morgan fingerprint density at radius 3 is 2.55 bits per heavy atom. The molecule has 3 rings (SSSR count). The third-order valence-corrected chi connectivity index (χ3v) is 5.20. The van der Waals surface area contributed by atoms with Crippen LogP contribution < -0.4 is 15.4 Å². The van der Waals surface area contributed by atoms with Crippen molar-refractivity contribution in [2.75, 3.05) is 12.4 Å². The molecule has 0 radical (unpaired) electrons. The van der Waals surface area contributed by atoms with Crippen molar-refractivity contribution in [3.63, 3.8) is 0 Å². The van der Waals surface area contributed by atoms with Gasteiger partial charge in [0.2, 0.25) is 0 Å². The van der Waals surface area contributed by atoms with Crippen LogP contribution in [0.15, 0.2) is 46.9 Å². The number of methoxy groups -OCH3 is 1. The second-order valence-electron chi connectivity index (χ2n) is 6.54. The zero-order chi connectivity index (χ0) is 21.0. The fourth-order valence-corrected chi connectivity index (χ4v) is 3.51. The van der Waals surface area contributed by atoms with E-state index in [0.717, 1.165) is 33.5 Å². The summed E-state index contributed by atoms with van der Waals surface area (Å²) in [6, 6.07) is 13.1. The molecule has 2 aromatic carbocycles. The van der Waals surface area contributed by atoms with Crippen LogP contribution in [0.25, 0.3) is 0 Å². The number of hydrogen-bond donors (Lipinski definition) is 3. The summed E-state index contributed by atoms with van der Waals surface area (Å²) in [5.41, 5.74) is 5.65. The van der Waals surface area contributed by atoms with Crippen molar-refractivity contribution < 1.29 is 9.53 Å². The highest BCUT2D eigenvalue weighted by Gasteiger charge is 2.14. The zero-order valence-corrected chi connectivity index (χ0v) is 18.7. The smallest absolute Gasteiger partial charge is 0.261 e. The van der Waals surface area contributed by atoms with E-state index in [1.807, 2.05) is 38.1 Å². The highest BCUT2D eigenvalue weighted by Crippen LogP contribution is 2.23. The fourth-order valence-electron chi connectivity index (χ4n) is 2.94. The van der Waals surface area contributed by atoms with Crippen molar-refractivity contribution in [1.82, 2.24) is 15.5 Å². The number of benzene rings is 2. The molecule has 0 atom stereocenters. The molecule has 0 fully saturated rings. The monoisotopic (exact) mass is 472 g/mol. The number of amides is 1. The lowest BCUT2D eigenvalue weighted by molar-refractivity contribution is 0.0974. The number of halogens is 1. The number of carbonyl (C=O) groups excluding carboxylic acids is 1. The lowest BCUT2D eigenvalue weighted by Gasteiger charge is -2.12. The van der Waals surface area contributed by atoms with Gasteiger partial charge in [-0.15, -0.1) is 0 Å². The second-order valence-corrected chi connectivity index (χ2v) is 7.86. The molecule has 0 aliphatic rings. The molecule has 3 aromatic rings. The number of rotatable bonds is 5. The van der Waals surface area contributed by atoms with Gasteiger partial charge >= 0.3 is 0 Å². The predicted octanol–water partition coefficient (Wildman–Crippen LogP) is 4.52. The molecule has 1 heterocycles.